The number of benzene rings is 3. The molecular formula is C31H18F18N2. The molecule has 0 spiro atoms. The van der Waals surface area contributed by atoms with Crippen LogP contribution in [0.25, 0.3) is 33.9 Å². The first-order valence-electron chi connectivity index (χ1n) is 14.0. The molecule has 4 aromatic rings. The molecule has 0 N–H and O–H groups in total. The van der Waals surface area contributed by atoms with E-state index in [4.69, 9.17) is 0 Å². The van der Waals surface area contributed by atoms with Crippen LogP contribution in [-0.4, -0.2) is 9.55 Å². The number of hydrogen-bond donors (Lipinski definition) is 0. The molecule has 0 bridgehead atoms. The summed E-state index contributed by atoms with van der Waals surface area (Å²) in [6, 6.07) is -0.822. The van der Waals surface area contributed by atoms with Gasteiger partial charge in [0.25, 0.3) is 0 Å². The number of unbranched alkanes of at least 4 members (excludes halogenated alkanes) is 1. The highest BCUT2D eigenvalue weighted by Crippen LogP contribution is 2.46. The molecule has 0 saturated heterocycles. The quantitative estimate of drug-likeness (QED) is 0.179. The highest BCUT2D eigenvalue weighted by molar-refractivity contribution is 5.83. The molecule has 0 radical (unpaired) electrons. The van der Waals surface area contributed by atoms with Gasteiger partial charge in [-0.1, -0.05) is 13.3 Å². The lowest BCUT2D eigenvalue weighted by Crippen LogP contribution is -2.13. The van der Waals surface area contributed by atoms with Crippen LogP contribution in [0.2, 0.25) is 0 Å². The van der Waals surface area contributed by atoms with Crippen molar-refractivity contribution in [3.05, 3.63) is 88.0 Å². The van der Waals surface area contributed by atoms with Crippen LogP contribution in [0.4, 0.5) is 79.0 Å². The summed E-state index contributed by atoms with van der Waals surface area (Å²) in [4.78, 5) is 3.79. The van der Waals surface area contributed by atoms with E-state index >= 15 is 0 Å². The number of hydrogen-bond acceptors (Lipinski definition) is 1. The Balaban J connectivity index is 2.29. The molecule has 51 heavy (non-hydrogen) atoms. The normalized spacial score (nSPS) is 13.6. The average Bonchev–Trinajstić information content (AvgIpc) is 3.36. The Labute approximate surface area is 274 Å². The first kappa shape index (κ1) is 39.4. The molecule has 0 aliphatic carbocycles. The first-order valence-corrected chi connectivity index (χ1v) is 14.0. The molecule has 0 unspecified atom stereocenters. The first-order chi connectivity index (χ1) is 23.0. The van der Waals surface area contributed by atoms with Gasteiger partial charge in [-0.2, -0.15) is 79.0 Å². The third kappa shape index (κ3) is 8.74. The van der Waals surface area contributed by atoms with Crippen LogP contribution < -0.4 is 0 Å². The van der Waals surface area contributed by atoms with Gasteiger partial charge in [0.05, 0.1) is 44.8 Å². The van der Waals surface area contributed by atoms with Crippen LogP contribution in [0.1, 0.15) is 53.1 Å². The molecule has 1 heterocycles. The SMILES string of the molecule is CCCCn1c(-c2cc(C(F)(F)F)cc(C(F)(F)F)c2)nc(-c2cc(C(F)(F)F)cc(C(F)(F)F)c2)c1-c1cc(C(F)(F)F)cc(C(F)(F)F)c1. The van der Waals surface area contributed by atoms with Crippen molar-refractivity contribution >= 4 is 0 Å². The highest BCUT2D eigenvalue weighted by Gasteiger charge is 2.41. The highest BCUT2D eigenvalue weighted by atomic mass is 19.4. The summed E-state index contributed by atoms with van der Waals surface area (Å²) in [6.45, 7) is 0.798. The zero-order chi connectivity index (χ0) is 38.7. The van der Waals surface area contributed by atoms with Gasteiger partial charge in [-0.15, -0.1) is 0 Å². The second-order valence-electron chi connectivity index (χ2n) is 11.0. The third-order valence-corrected chi connectivity index (χ3v) is 7.27. The molecule has 0 saturated carbocycles. The predicted molar refractivity (Wildman–Crippen MR) is 143 cm³/mol. The second-order valence-corrected chi connectivity index (χ2v) is 11.0. The molecule has 0 aliphatic rings. The number of imidazole rings is 1. The van der Waals surface area contributed by atoms with E-state index in [1.54, 1.807) is 0 Å². The maximum absolute atomic E-state index is 13.9. The molecule has 278 valence electrons. The lowest BCUT2D eigenvalue weighted by molar-refractivity contribution is -0.144. The summed E-state index contributed by atoms with van der Waals surface area (Å²) >= 11 is 0. The summed E-state index contributed by atoms with van der Waals surface area (Å²) in [7, 11) is 0. The monoisotopic (exact) mass is 760 g/mol. The zero-order valence-corrected chi connectivity index (χ0v) is 25.0. The van der Waals surface area contributed by atoms with Crippen LogP contribution >= 0.6 is 0 Å². The van der Waals surface area contributed by atoms with E-state index < -0.39 is 111 Å². The number of rotatable bonds is 6. The number of nitrogens with zero attached hydrogens (tertiary/aromatic N) is 2. The summed E-state index contributed by atoms with van der Waals surface area (Å²) in [5, 5.41) is 0. The van der Waals surface area contributed by atoms with Crippen molar-refractivity contribution in [3.8, 4) is 33.9 Å². The minimum Gasteiger partial charge on any atom is -0.323 e. The number of halogens is 18. The van der Waals surface area contributed by atoms with Crippen LogP contribution in [-0.2, 0) is 43.6 Å². The van der Waals surface area contributed by atoms with E-state index in [9.17, 15) is 79.0 Å². The lowest BCUT2D eigenvalue weighted by atomic mass is 9.97. The van der Waals surface area contributed by atoms with E-state index in [-0.39, 0.29) is 67.4 Å². The molecular weight excluding hydrogens is 742 g/mol. The smallest absolute Gasteiger partial charge is 0.323 e. The molecule has 0 amide bonds. The Bertz CT molecular complexity index is 1800. The maximum Gasteiger partial charge on any atom is 0.416 e. The fourth-order valence-electron chi connectivity index (χ4n) is 4.97. The van der Waals surface area contributed by atoms with Crippen molar-refractivity contribution in [3.63, 3.8) is 0 Å². The van der Waals surface area contributed by atoms with E-state index in [1.807, 2.05) is 0 Å². The summed E-state index contributed by atoms with van der Waals surface area (Å²) in [5.74, 6) is -1.05. The van der Waals surface area contributed by atoms with Gasteiger partial charge in [0.2, 0.25) is 0 Å². The average molecular weight is 760 g/mol. The Morgan fingerprint density at radius 2 is 0.725 bits per heavy atom. The van der Waals surface area contributed by atoms with Crippen molar-refractivity contribution in [2.45, 2.75) is 63.4 Å². The minimum absolute atomic E-state index is 0.000569. The second kappa shape index (κ2) is 13.0. The Morgan fingerprint density at radius 3 is 1.02 bits per heavy atom. The van der Waals surface area contributed by atoms with Crippen molar-refractivity contribution in [2.75, 3.05) is 0 Å². The minimum atomic E-state index is -5.55. The number of aromatic nitrogens is 2. The Morgan fingerprint density at radius 1 is 0.431 bits per heavy atom. The van der Waals surface area contributed by atoms with Crippen molar-refractivity contribution in [1.82, 2.24) is 9.55 Å². The van der Waals surface area contributed by atoms with Gasteiger partial charge in [0, 0.05) is 23.2 Å². The van der Waals surface area contributed by atoms with Gasteiger partial charge >= 0.3 is 37.1 Å². The van der Waals surface area contributed by atoms with Crippen molar-refractivity contribution in [2.24, 2.45) is 0 Å². The van der Waals surface area contributed by atoms with Crippen molar-refractivity contribution in [1.29, 1.82) is 0 Å². The molecule has 3 aromatic carbocycles. The van der Waals surface area contributed by atoms with Crippen LogP contribution in [0.15, 0.2) is 54.6 Å². The molecule has 0 atom stereocenters. The zero-order valence-electron chi connectivity index (χ0n) is 25.0. The third-order valence-electron chi connectivity index (χ3n) is 7.27. The molecule has 0 aliphatic heterocycles. The van der Waals surface area contributed by atoms with Crippen LogP contribution in [0.5, 0.6) is 0 Å². The topological polar surface area (TPSA) is 17.8 Å². The van der Waals surface area contributed by atoms with E-state index in [2.05, 4.69) is 4.98 Å². The fourth-order valence-corrected chi connectivity index (χ4v) is 4.97. The summed E-state index contributed by atoms with van der Waals surface area (Å²) in [6.07, 6.45) is -33.2. The predicted octanol–water partition coefficient (Wildman–Crippen LogP) is 12.8. The Kier molecular flexibility index (Phi) is 10.0. The van der Waals surface area contributed by atoms with E-state index in [0.29, 0.717) is 4.57 Å². The summed E-state index contributed by atoms with van der Waals surface area (Å²) < 4.78 is 249. The van der Waals surface area contributed by atoms with Gasteiger partial charge in [-0.3, -0.25) is 0 Å². The van der Waals surface area contributed by atoms with E-state index in [0.717, 1.165) is 0 Å². The van der Waals surface area contributed by atoms with Gasteiger partial charge in [0.1, 0.15) is 5.82 Å². The van der Waals surface area contributed by atoms with Gasteiger partial charge < -0.3 is 4.57 Å². The molecule has 2 nitrogen and oxygen atoms in total. The summed E-state index contributed by atoms with van der Waals surface area (Å²) in [5.41, 5.74) is -17.8. The maximum atomic E-state index is 13.9. The molecule has 20 heteroatoms. The number of alkyl halides is 18. The lowest BCUT2D eigenvalue weighted by Gasteiger charge is -2.19. The standard InChI is InChI=1S/C31H18F18N2/c1-2-3-4-51-24(15-7-19(28(38,39)40)12-20(8-15)29(41,42)43)23(14-5-17(26(32,33)34)11-18(6-14)27(35,36)37)50-25(51)16-9-21(30(44,45)46)13-22(10-16)31(47,48)49/h5-13H,2-4H2,1H3. The van der Waals surface area contributed by atoms with Crippen LogP contribution in [0.3, 0.4) is 0 Å². The largest absolute Gasteiger partial charge is 0.416 e. The fraction of sp³-hybridized carbons (Fsp3) is 0.323. The van der Waals surface area contributed by atoms with Gasteiger partial charge in [-0.05, 0) is 61.0 Å². The van der Waals surface area contributed by atoms with Crippen molar-refractivity contribution < 1.29 is 79.0 Å². The van der Waals surface area contributed by atoms with Gasteiger partial charge in [0.15, 0.2) is 0 Å². The molecule has 0 fully saturated rings. The van der Waals surface area contributed by atoms with Crippen LogP contribution in [0, 0.1) is 0 Å². The van der Waals surface area contributed by atoms with Gasteiger partial charge in [-0.25, -0.2) is 4.98 Å². The van der Waals surface area contributed by atoms with E-state index in [1.165, 1.54) is 6.92 Å². The molecule has 1 aromatic heterocycles. The Hall–Kier alpha value is -4.39. The molecule has 4 rings (SSSR count).